The summed E-state index contributed by atoms with van der Waals surface area (Å²) >= 11 is 17.2. The fourth-order valence-corrected chi connectivity index (χ4v) is 2.15. The SMILES string of the molecule is O=C(COC(=O)c1ncc(Cl)c(Cl)c1Cl)Nc1ccc(F)c(F)c1F. The molecule has 0 fully saturated rings. The molecule has 1 aromatic heterocycles. The molecule has 0 aliphatic heterocycles. The van der Waals surface area contributed by atoms with Crippen LogP contribution in [-0.2, 0) is 9.53 Å². The zero-order valence-electron chi connectivity index (χ0n) is 11.9. The quantitative estimate of drug-likeness (QED) is 0.601. The van der Waals surface area contributed by atoms with Gasteiger partial charge in [0.05, 0.1) is 20.8 Å². The molecule has 0 unspecified atom stereocenters. The van der Waals surface area contributed by atoms with E-state index in [0.29, 0.717) is 6.07 Å². The molecule has 0 saturated heterocycles. The molecular weight excluding hydrogens is 408 g/mol. The summed E-state index contributed by atoms with van der Waals surface area (Å²) in [5.41, 5.74) is -1.01. The van der Waals surface area contributed by atoms with Crippen LogP contribution in [0.1, 0.15) is 10.5 Å². The smallest absolute Gasteiger partial charge is 0.359 e. The van der Waals surface area contributed by atoms with Gasteiger partial charge in [-0.2, -0.15) is 0 Å². The third-order valence-corrected chi connectivity index (χ3v) is 3.99. The van der Waals surface area contributed by atoms with E-state index in [-0.39, 0.29) is 20.8 Å². The van der Waals surface area contributed by atoms with Gasteiger partial charge in [-0.25, -0.2) is 22.9 Å². The number of nitrogens with zero attached hydrogens (tertiary/aromatic N) is 1. The van der Waals surface area contributed by atoms with Gasteiger partial charge in [0.15, 0.2) is 29.8 Å². The van der Waals surface area contributed by atoms with Crippen molar-refractivity contribution in [3.63, 3.8) is 0 Å². The number of hydrogen-bond donors (Lipinski definition) is 1. The lowest BCUT2D eigenvalue weighted by atomic mass is 10.3. The van der Waals surface area contributed by atoms with E-state index in [4.69, 9.17) is 34.8 Å². The number of carbonyl (C=O) groups is 2. The maximum atomic E-state index is 13.4. The topological polar surface area (TPSA) is 68.3 Å². The van der Waals surface area contributed by atoms with Crippen LogP contribution in [0, 0.1) is 17.5 Å². The Labute approximate surface area is 153 Å². The van der Waals surface area contributed by atoms with E-state index in [2.05, 4.69) is 9.72 Å². The van der Waals surface area contributed by atoms with Crippen molar-refractivity contribution in [2.75, 3.05) is 11.9 Å². The molecule has 0 radical (unpaired) electrons. The van der Waals surface area contributed by atoms with Gasteiger partial charge in [0.25, 0.3) is 5.91 Å². The molecule has 0 atom stereocenters. The van der Waals surface area contributed by atoms with E-state index in [1.807, 2.05) is 5.32 Å². The third-order valence-electron chi connectivity index (χ3n) is 2.75. The molecule has 1 aromatic carbocycles. The predicted molar refractivity (Wildman–Crippen MR) is 84.5 cm³/mol. The van der Waals surface area contributed by atoms with Crippen molar-refractivity contribution in [1.82, 2.24) is 4.98 Å². The Morgan fingerprint density at radius 3 is 2.44 bits per heavy atom. The van der Waals surface area contributed by atoms with Crippen molar-refractivity contribution in [2.45, 2.75) is 0 Å². The molecule has 132 valence electrons. The van der Waals surface area contributed by atoms with Crippen LogP contribution in [0.25, 0.3) is 0 Å². The second-order valence-corrected chi connectivity index (χ2v) is 5.59. The van der Waals surface area contributed by atoms with Crippen molar-refractivity contribution in [3.8, 4) is 0 Å². The van der Waals surface area contributed by atoms with E-state index >= 15 is 0 Å². The number of halogens is 6. The van der Waals surface area contributed by atoms with Crippen LogP contribution >= 0.6 is 34.8 Å². The number of esters is 1. The van der Waals surface area contributed by atoms with Crippen LogP contribution in [0.3, 0.4) is 0 Å². The summed E-state index contributed by atoms with van der Waals surface area (Å²) in [6.07, 6.45) is 1.06. The van der Waals surface area contributed by atoms with Crippen LogP contribution < -0.4 is 5.32 Å². The molecule has 1 N–H and O–H groups in total. The highest BCUT2D eigenvalue weighted by molar-refractivity contribution is 6.48. The summed E-state index contributed by atoms with van der Waals surface area (Å²) in [7, 11) is 0. The molecule has 0 aliphatic carbocycles. The first-order valence-corrected chi connectivity index (χ1v) is 7.45. The Hall–Kier alpha value is -2.03. The highest BCUT2D eigenvalue weighted by Gasteiger charge is 2.20. The van der Waals surface area contributed by atoms with E-state index in [1.165, 1.54) is 0 Å². The van der Waals surface area contributed by atoms with Crippen molar-refractivity contribution in [1.29, 1.82) is 0 Å². The van der Waals surface area contributed by atoms with Gasteiger partial charge in [-0.1, -0.05) is 34.8 Å². The summed E-state index contributed by atoms with van der Waals surface area (Å²) < 4.78 is 43.9. The molecule has 0 bridgehead atoms. The van der Waals surface area contributed by atoms with E-state index < -0.39 is 41.6 Å². The van der Waals surface area contributed by atoms with Gasteiger partial charge in [-0.3, -0.25) is 4.79 Å². The second kappa shape index (κ2) is 7.90. The van der Waals surface area contributed by atoms with E-state index in [1.54, 1.807) is 0 Å². The molecule has 25 heavy (non-hydrogen) atoms. The van der Waals surface area contributed by atoms with Gasteiger partial charge in [0, 0.05) is 6.20 Å². The fraction of sp³-hybridized carbons (Fsp3) is 0.0714. The average molecular weight is 414 g/mol. The van der Waals surface area contributed by atoms with Gasteiger partial charge < -0.3 is 10.1 Å². The fourth-order valence-electron chi connectivity index (χ4n) is 1.59. The number of benzene rings is 1. The minimum atomic E-state index is -1.75. The standard InChI is InChI=1S/C14H6Cl3F3N2O3/c15-5-3-21-13(10(17)9(5)16)14(24)25-4-8(23)22-7-2-1-6(18)11(19)12(7)20/h1-3H,4H2,(H,22,23). The largest absolute Gasteiger partial charge is 0.451 e. The average Bonchev–Trinajstić information content (AvgIpc) is 2.58. The van der Waals surface area contributed by atoms with E-state index in [0.717, 1.165) is 12.3 Å². The van der Waals surface area contributed by atoms with Crippen LogP contribution in [0.4, 0.5) is 18.9 Å². The van der Waals surface area contributed by atoms with Crippen molar-refractivity contribution < 1.29 is 27.5 Å². The zero-order valence-corrected chi connectivity index (χ0v) is 14.1. The van der Waals surface area contributed by atoms with E-state index in [9.17, 15) is 22.8 Å². The number of carbonyl (C=O) groups excluding carboxylic acids is 2. The predicted octanol–water partition coefficient (Wildman–Crippen LogP) is 4.25. The van der Waals surface area contributed by atoms with Crippen LogP contribution in [0.15, 0.2) is 18.3 Å². The first kappa shape index (κ1) is 19.3. The van der Waals surface area contributed by atoms with Gasteiger partial charge in [-0.15, -0.1) is 0 Å². The lowest BCUT2D eigenvalue weighted by molar-refractivity contribution is -0.119. The summed E-state index contributed by atoms with van der Waals surface area (Å²) in [6, 6.07) is 1.43. The highest BCUT2D eigenvalue weighted by atomic mass is 35.5. The molecular formula is C14H6Cl3F3N2O3. The molecule has 2 rings (SSSR count). The zero-order chi connectivity index (χ0) is 18.7. The number of nitrogens with one attached hydrogen (secondary N) is 1. The molecule has 0 saturated carbocycles. The first-order valence-electron chi connectivity index (χ1n) is 6.32. The summed E-state index contributed by atoms with van der Waals surface area (Å²) in [5, 5.41) is 1.53. The summed E-state index contributed by atoms with van der Waals surface area (Å²) in [4.78, 5) is 27.1. The number of pyridine rings is 1. The first-order chi connectivity index (χ1) is 11.7. The monoisotopic (exact) mass is 412 g/mol. The number of amides is 1. The maximum absolute atomic E-state index is 13.4. The van der Waals surface area contributed by atoms with Gasteiger partial charge in [-0.05, 0) is 12.1 Å². The summed E-state index contributed by atoms with van der Waals surface area (Å²) in [5.74, 6) is -6.85. The molecule has 2 aromatic rings. The second-order valence-electron chi connectivity index (χ2n) is 4.43. The molecule has 1 amide bonds. The van der Waals surface area contributed by atoms with Crippen molar-refractivity contribution in [3.05, 3.63) is 56.5 Å². The maximum Gasteiger partial charge on any atom is 0.359 e. The van der Waals surface area contributed by atoms with Crippen LogP contribution in [0.2, 0.25) is 15.1 Å². The van der Waals surface area contributed by atoms with Crippen molar-refractivity contribution >= 4 is 52.4 Å². The molecule has 5 nitrogen and oxygen atoms in total. The lowest BCUT2D eigenvalue weighted by Gasteiger charge is -2.09. The molecule has 1 heterocycles. The Bertz CT molecular complexity index is 865. The van der Waals surface area contributed by atoms with Gasteiger partial charge in [0.2, 0.25) is 0 Å². The Balaban J connectivity index is 2.02. The van der Waals surface area contributed by atoms with Crippen LogP contribution in [-0.4, -0.2) is 23.5 Å². The molecule has 0 spiro atoms. The van der Waals surface area contributed by atoms with Gasteiger partial charge in [0.1, 0.15) is 0 Å². The molecule has 0 aliphatic rings. The third kappa shape index (κ3) is 4.33. The van der Waals surface area contributed by atoms with Gasteiger partial charge >= 0.3 is 5.97 Å². The normalized spacial score (nSPS) is 10.5. The number of aromatic nitrogens is 1. The Kier molecular flexibility index (Phi) is 6.10. The minimum Gasteiger partial charge on any atom is -0.451 e. The highest BCUT2D eigenvalue weighted by Crippen LogP contribution is 2.31. The van der Waals surface area contributed by atoms with Crippen LogP contribution in [0.5, 0.6) is 0 Å². The lowest BCUT2D eigenvalue weighted by Crippen LogP contribution is -2.22. The number of hydrogen-bond acceptors (Lipinski definition) is 4. The Morgan fingerprint density at radius 2 is 1.76 bits per heavy atom. The number of anilines is 1. The summed E-state index contributed by atoms with van der Waals surface area (Å²) in [6.45, 7) is -0.866. The number of ether oxygens (including phenoxy) is 1. The number of rotatable bonds is 4. The minimum absolute atomic E-state index is 0.00905. The Morgan fingerprint density at radius 1 is 1.08 bits per heavy atom. The van der Waals surface area contributed by atoms with Crippen molar-refractivity contribution in [2.24, 2.45) is 0 Å². The molecule has 11 heteroatoms.